The molecular weight excluding hydrogens is 288 g/mol. The Bertz CT molecular complexity index is 556. The van der Waals surface area contributed by atoms with Crippen LogP contribution in [0.15, 0.2) is 42.7 Å². The molecule has 0 spiro atoms. The molecule has 1 aromatic carbocycles. The average molecular weight is 309 g/mol. The van der Waals surface area contributed by atoms with Gasteiger partial charge in [0.25, 0.3) is 0 Å². The summed E-state index contributed by atoms with van der Waals surface area (Å²) in [5.41, 5.74) is 8.08. The van der Waals surface area contributed by atoms with Crippen LogP contribution >= 0.6 is 12.4 Å². The first-order valence-corrected chi connectivity index (χ1v) is 6.70. The van der Waals surface area contributed by atoms with E-state index in [4.69, 9.17) is 5.73 Å². The lowest BCUT2D eigenvalue weighted by atomic mass is 10.1. The largest absolute Gasteiger partial charge is 0.354 e. The van der Waals surface area contributed by atoms with Crippen molar-refractivity contribution in [3.63, 3.8) is 0 Å². The molecule has 0 saturated carbocycles. The van der Waals surface area contributed by atoms with Gasteiger partial charge in [-0.2, -0.15) is 5.10 Å². The van der Waals surface area contributed by atoms with Crippen LogP contribution in [0.25, 0.3) is 0 Å². The third-order valence-electron chi connectivity index (χ3n) is 3.11. The topological polar surface area (TPSA) is 72.9 Å². The maximum atomic E-state index is 11.9. The molecule has 0 aliphatic rings. The van der Waals surface area contributed by atoms with Gasteiger partial charge in [-0.25, -0.2) is 0 Å². The van der Waals surface area contributed by atoms with Crippen LogP contribution in [0, 0.1) is 0 Å². The number of carbonyl (C=O) groups is 1. The van der Waals surface area contributed by atoms with E-state index >= 15 is 0 Å². The second-order valence-electron chi connectivity index (χ2n) is 4.86. The highest BCUT2D eigenvalue weighted by Crippen LogP contribution is 2.02. The number of halogens is 1. The zero-order chi connectivity index (χ0) is 14.4. The molecule has 1 heterocycles. The summed E-state index contributed by atoms with van der Waals surface area (Å²) >= 11 is 0. The van der Waals surface area contributed by atoms with Gasteiger partial charge in [0, 0.05) is 19.8 Å². The van der Waals surface area contributed by atoms with Crippen molar-refractivity contribution in [1.29, 1.82) is 0 Å². The van der Waals surface area contributed by atoms with Crippen LogP contribution in [0.5, 0.6) is 0 Å². The molecule has 5 nitrogen and oxygen atoms in total. The van der Waals surface area contributed by atoms with Crippen molar-refractivity contribution in [1.82, 2.24) is 15.1 Å². The minimum absolute atomic E-state index is 0. The number of aromatic nitrogens is 2. The second-order valence-corrected chi connectivity index (χ2v) is 4.86. The van der Waals surface area contributed by atoms with Gasteiger partial charge in [-0.1, -0.05) is 30.3 Å². The van der Waals surface area contributed by atoms with Crippen molar-refractivity contribution in [2.45, 2.75) is 18.9 Å². The van der Waals surface area contributed by atoms with E-state index < -0.39 is 6.04 Å². The molecule has 114 valence electrons. The smallest absolute Gasteiger partial charge is 0.237 e. The standard InChI is InChI=1S/C15H20N4O.ClH/c1-19-11-13(10-18-19)7-8-17-15(20)14(16)9-12-5-3-2-4-6-12;/h2-6,10-11,14H,7-9,16H2,1H3,(H,17,20);1H/t14-;/m0./s1. The maximum absolute atomic E-state index is 11.9. The third kappa shape index (κ3) is 5.57. The van der Waals surface area contributed by atoms with Crippen molar-refractivity contribution >= 4 is 18.3 Å². The molecule has 6 heteroatoms. The van der Waals surface area contributed by atoms with Gasteiger partial charge in [0.05, 0.1) is 12.2 Å². The van der Waals surface area contributed by atoms with E-state index in [9.17, 15) is 4.79 Å². The Morgan fingerprint density at radius 1 is 1.33 bits per heavy atom. The first-order chi connectivity index (χ1) is 9.65. The number of rotatable bonds is 6. The highest BCUT2D eigenvalue weighted by Gasteiger charge is 2.13. The number of hydrogen-bond donors (Lipinski definition) is 2. The van der Waals surface area contributed by atoms with E-state index in [1.54, 1.807) is 10.9 Å². The second kappa shape index (κ2) is 8.44. The van der Waals surface area contributed by atoms with Gasteiger partial charge in [0.15, 0.2) is 0 Å². The van der Waals surface area contributed by atoms with Gasteiger partial charge in [-0.15, -0.1) is 12.4 Å². The van der Waals surface area contributed by atoms with Crippen LogP contribution < -0.4 is 11.1 Å². The van der Waals surface area contributed by atoms with Crippen molar-refractivity contribution in [2.24, 2.45) is 12.8 Å². The molecule has 1 amide bonds. The summed E-state index contributed by atoms with van der Waals surface area (Å²) in [5, 5.41) is 6.94. The Hall–Kier alpha value is -1.85. The van der Waals surface area contributed by atoms with E-state index in [-0.39, 0.29) is 18.3 Å². The van der Waals surface area contributed by atoms with Crippen molar-refractivity contribution in [3.8, 4) is 0 Å². The average Bonchev–Trinajstić information content (AvgIpc) is 2.85. The summed E-state index contributed by atoms with van der Waals surface area (Å²) in [6.07, 6.45) is 5.06. The Labute approximate surface area is 130 Å². The molecule has 21 heavy (non-hydrogen) atoms. The van der Waals surface area contributed by atoms with Crippen LogP contribution in [-0.2, 0) is 24.7 Å². The van der Waals surface area contributed by atoms with Crippen LogP contribution in [0.2, 0.25) is 0 Å². The van der Waals surface area contributed by atoms with Gasteiger partial charge in [0.1, 0.15) is 0 Å². The van der Waals surface area contributed by atoms with Gasteiger partial charge >= 0.3 is 0 Å². The number of amides is 1. The monoisotopic (exact) mass is 308 g/mol. The van der Waals surface area contributed by atoms with Crippen LogP contribution in [0.3, 0.4) is 0 Å². The van der Waals surface area contributed by atoms with Gasteiger partial charge in [-0.05, 0) is 24.0 Å². The summed E-state index contributed by atoms with van der Waals surface area (Å²) in [6, 6.07) is 9.28. The SMILES string of the molecule is Cl.Cn1cc(CCNC(=O)[C@@H](N)Cc2ccccc2)cn1. The highest BCUT2D eigenvalue weighted by molar-refractivity contribution is 5.85. The molecule has 0 bridgehead atoms. The minimum Gasteiger partial charge on any atom is -0.354 e. The lowest BCUT2D eigenvalue weighted by Gasteiger charge is -2.12. The highest BCUT2D eigenvalue weighted by atomic mass is 35.5. The van der Waals surface area contributed by atoms with E-state index in [1.807, 2.05) is 43.6 Å². The number of nitrogens with one attached hydrogen (secondary N) is 1. The molecule has 2 rings (SSSR count). The van der Waals surface area contributed by atoms with E-state index in [0.717, 1.165) is 17.5 Å². The van der Waals surface area contributed by atoms with Crippen LogP contribution in [0.1, 0.15) is 11.1 Å². The number of hydrogen-bond acceptors (Lipinski definition) is 3. The number of benzene rings is 1. The predicted octanol–water partition coefficient (Wildman–Crippen LogP) is 1.07. The Kier molecular flexibility index (Phi) is 6.91. The molecule has 0 unspecified atom stereocenters. The number of aryl methyl sites for hydroxylation is 1. The molecule has 1 atom stereocenters. The van der Waals surface area contributed by atoms with E-state index in [0.29, 0.717) is 13.0 Å². The molecular formula is C15H21ClN4O. The zero-order valence-corrected chi connectivity index (χ0v) is 12.8. The summed E-state index contributed by atoms with van der Waals surface area (Å²) in [5.74, 6) is -0.113. The normalized spacial score (nSPS) is 11.5. The number of carbonyl (C=O) groups excluding carboxylic acids is 1. The Balaban J connectivity index is 0.00000220. The lowest BCUT2D eigenvalue weighted by Crippen LogP contribution is -2.42. The van der Waals surface area contributed by atoms with Crippen molar-refractivity contribution < 1.29 is 4.79 Å². The first-order valence-electron chi connectivity index (χ1n) is 6.70. The first kappa shape index (κ1) is 17.2. The molecule has 0 radical (unpaired) electrons. The summed E-state index contributed by atoms with van der Waals surface area (Å²) < 4.78 is 1.75. The lowest BCUT2D eigenvalue weighted by molar-refractivity contribution is -0.122. The fraction of sp³-hybridized carbons (Fsp3) is 0.333. The number of nitrogens with zero attached hydrogens (tertiary/aromatic N) is 2. The van der Waals surface area contributed by atoms with Crippen LogP contribution in [0.4, 0.5) is 0 Å². The minimum atomic E-state index is -0.508. The van der Waals surface area contributed by atoms with Crippen molar-refractivity contribution in [2.75, 3.05) is 6.54 Å². The van der Waals surface area contributed by atoms with Gasteiger partial charge < -0.3 is 11.1 Å². The predicted molar refractivity (Wildman–Crippen MR) is 85.3 cm³/mol. The number of nitrogens with two attached hydrogens (primary N) is 1. The molecule has 0 aliphatic carbocycles. The Morgan fingerprint density at radius 3 is 2.67 bits per heavy atom. The van der Waals surface area contributed by atoms with E-state index in [2.05, 4.69) is 10.4 Å². The molecule has 3 N–H and O–H groups in total. The van der Waals surface area contributed by atoms with Crippen molar-refractivity contribution in [3.05, 3.63) is 53.9 Å². The molecule has 0 saturated heterocycles. The fourth-order valence-electron chi connectivity index (χ4n) is 2.02. The molecule has 1 aromatic heterocycles. The fourth-order valence-corrected chi connectivity index (χ4v) is 2.02. The molecule has 0 fully saturated rings. The van der Waals surface area contributed by atoms with Crippen LogP contribution in [-0.4, -0.2) is 28.3 Å². The Morgan fingerprint density at radius 2 is 2.05 bits per heavy atom. The molecule has 2 aromatic rings. The summed E-state index contributed by atoms with van der Waals surface area (Å²) in [7, 11) is 1.87. The zero-order valence-electron chi connectivity index (χ0n) is 12.0. The summed E-state index contributed by atoms with van der Waals surface area (Å²) in [4.78, 5) is 11.9. The maximum Gasteiger partial charge on any atom is 0.237 e. The summed E-state index contributed by atoms with van der Waals surface area (Å²) in [6.45, 7) is 0.576. The van der Waals surface area contributed by atoms with E-state index in [1.165, 1.54) is 0 Å². The third-order valence-corrected chi connectivity index (χ3v) is 3.11. The molecule has 0 aliphatic heterocycles. The van der Waals surface area contributed by atoms with Gasteiger partial charge in [-0.3, -0.25) is 9.48 Å². The quantitative estimate of drug-likeness (QED) is 0.838. The van der Waals surface area contributed by atoms with Gasteiger partial charge in [0.2, 0.25) is 5.91 Å².